The van der Waals surface area contributed by atoms with Gasteiger partial charge in [-0.1, -0.05) is 35.5 Å². The van der Waals surface area contributed by atoms with Gasteiger partial charge in [0.05, 0.1) is 15.7 Å². The van der Waals surface area contributed by atoms with Crippen LogP contribution in [0.3, 0.4) is 0 Å². The molecule has 4 rings (SSSR count). The number of halogens is 1. The minimum atomic E-state index is 0.762. The highest BCUT2D eigenvalue weighted by Gasteiger charge is 2.10. The van der Waals surface area contributed by atoms with Crippen molar-refractivity contribution in [2.24, 2.45) is 0 Å². The monoisotopic (exact) mass is 331 g/mol. The molecule has 0 bridgehead atoms. The van der Waals surface area contributed by atoms with Gasteiger partial charge in [0.2, 0.25) is 0 Å². The maximum absolute atomic E-state index is 5.91. The number of thioether (sulfide) groups is 1. The zero-order valence-electron chi connectivity index (χ0n) is 10.9. The van der Waals surface area contributed by atoms with Crippen LogP contribution in [0, 0.1) is 0 Å². The SMILES string of the molecule is Clc1ccc(CSc2nncn3c2cc2sccc23)cc1. The zero-order valence-corrected chi connectivity index (χ0v) is 13.3. The largest absolute Gasteiger partial charge is 0.295 e. The van der Waals surface area contributed by atoms with E-state index in [-0.39, 0.29) is 0 Å². The van der Waals surface area contributed by atoms with Crippen LogP contribution in [0.5, 0.6) is 0 Å². The Morgan fingerprint density at radius 3 is 2.86 bits per heavy atom. The standard InChI is InChI=1S/C15H10ClN3S2/c16-11-3-1-10(2-4-11)8-21-15-13-7-14-12(5-6-20-14)19(13)9-17-18-15/h1-7,9H,8H2. The van der Waals surface area contributed by atoms with Crippen molar-refractivity contribution < 1.29 is 0 Å². The fourth-order valence-corrected chi connectivity index (χ4v) is 4.09. The molecule has 6 heteroatoms. The topological polar surface area (TPSA) is 30.2 Å². The third-order valence-corrected chi connectivity index (χ3v) is 5.43. The first kappa shape index (κ1) is 13.1. The van der Waals surface area contributed by atoms with E-state index in [1.807, 2.05) is 24.3 Å². The third kappa shape index (κ3) is 2.41. The lowest BCUT2D eigenvalue weighted by molar-refractivity contribution is 0.885. The van der Waals surface area contributed by atoms with Crippen LogP contribution in [-0.2, 0) is 5.75 Å². The Balaban J connectivity index is 1.68. The first-order chi connectivity index (χ1) is 10.3. The lowest BCUT2D eigenvalue weighted by Crippen LogP contribution is -1.93. The highest BCUT2D eigenvalue weighted by Crippen LogP contribution is 2.31. The number of hydrogen-bond acceptors (Lipinski definition) is 4. The molecule has 104 valence electrons. The normalized spacial score (nSPS) is 11.5. The van der Waals surface area contributed by atoms with Crippen LogP contribution in [0.15, 0.2) is 53.1 Å². The minimum Gasteiger partial charge on any atom is -0.295 e. The maximum Gasteiger partial charge on any atom is 0.143 e. The van der Waals surface area contributed by atoms with Gasteiger partial charge >= 0.3 is 0 Å². The summed E-state index contributed by atoms with van der Waals surface area (Å²) >= 11 is 9.34. The number of benzene rings is 1. The molecular weight excluding hydrogens is 322 g/mol. The molecule has 0 spiro atoms. The molecule has 0 unspecified atom stereocenters. The van der Waals surface area contributed by atoms with Crippen molar-refractivity contribution in [2.75, 3.05) is 0 Å². The van der Waals surface area contributed by atoms with Crippen molar-refractivity contribution in [1.29, 1.82) is 0 Å². The van der Waals surface area contributed by atoms with Crippen LogP contribution in [0.2, 0.25) is 5.02 Å². The summed E-state index contributed by atoms with van der Waals surface area (Å²) in [7, 11) is 0. The average Bonchev–Trinajstić information content (AvgIpc) is 3.08. The summed E-state index contributed by atoms with van der Waals surface area (Å²) in [6, 6.07) is 12.2. The second-order valence-corrected chi connectivity index (χ2v) is 6.97. The average molecular weight is 332 g/mol. The molecule has 0 N–H and O–H groups in total. The maximum atomic E-state index is 5.91. The van der Waals surface area contributed by atoms with Crippen molar-refractivity contribution in [3.63, 3.8) is 0 Å². The zero-order chi connectivity index (χ0) is 14.2. The number of thiophene rings is 1. The molecule has 3 aromatic heterocycles. The number of rotatable bonds is 3. The van der Waals surface area contributed by atoms with E-state index in [1.54, 1.807) is 29.4 Å². The summed E-state index contributed by atoms with van der Waals surface area (Å²) < 4.78 is 3.36. The molecule has 0 saturated carbocycles. The van der Waals surface area contributed by atoms with E-state index >= 15 is 0 Å². The highest BCUT2D eigenvalue weighted by atomic mass is 35.5. The molecule has 0 atom stereocenters. The summed E-state index contributed by atoms with van der Waals surface area (Å²) in [5, 5.41) is 12.2. The molecule has 0 radical (unpaired) electrons. The van der Waals surface area contributed by atoms with Crippen molar-refractivity contribution >= 4 is 50.4 Å². The van der Waals surface area contributed by atoms with Gasteiger partial charge in [-0.15, -0.1) is 21.5 Å². The van der Waals surface area contributed by atoms with Gasteiger partial charge in [-0.3, -0.25) is 4.40 Å². The molecule has 0 amide bonds. The molecule has 3 nitrogen and oxygen atoms in total. The van der Waals surface area contributed by atoms with E-state index in [0.717, 1.165) is 21.3 Å². The second-order valence-electron chi connectivity index (χ2n) is 4.62. The fourth-order valence-electron chi connectivity index (χ4n) is 2.25. The van der Waals surface area contributed by atoms with Gasteiger partial charge in [-0.05, 0) is 35.2 Å². The lowest BCUT2D eigenvalue weighted by atomic mass is 10.2. The molecule has 0 saturated heterocycles. The minimum absolute atomic E-state index is 0.762. The quantitative estimate of drug-likeness (QED) is 0.501. The van der Waals surface area contributed by atoms with Gasteiger partial charge in [0.1, 0.15) is 11.4 Å². The Bertz CT molecular complexity index is 912. The van der Waals surface area contributed by atoms with E-state index in [4.69, 9.17) is 11.6 Å². The molecule has 0 aliphatic carbocycles. The lowest BCUT2D eigenvalue weighted by Gasteiger charge is -2.03. The Labute approximate surface area is 134 Å². The van der Waals surface area contributed by atoms with Crippen LogP contribution in [0.4, 0.5) is 0 Å². The van der Waals surface area contributed by atoms with Gasteiger partial charge in [0.15, 0.2) is 0 Å². The molecule has 4 aromatic rings. The molecule has 0 fully saturated rings. The molecule has 0 aliphatic rings. The van der Waals surface area contributed by atoms with Crippen molar-refractivity contribution in [2.45, 2.75) is 10.8 Å². The van der Waals surface area contributed by atoms with Crippen LogP contribution < -0.4 is 0 Å². The Morgan fingerprint density at radius 1 is 1.14 bits per heavy atom. The van der Waals surface area contributed by atoms with E-state index < -0.39 is 0 Å². The number of nitrogens with zero attached hydrogens (tertiary/aromatic N) is 3. The third-order valence-electron chi connectivity index (χ3n) is 3.28. The smallest absolute Gasteiger partial charge is 0.143 e. The number of aromatic nitrogens is 3. The summed E-state index contributed by atoms with van der Waals surface area (Å²) in [4.78, 5) is 0. The van der Waals surface area contributed by atoms with E-state index in [2.05, 4.69) is 32.1 Å². The van der Waals surface area contributed by atoms with Crippen LogP contribution >= 0.6 is 34.7 Å². The molecule has 1 aromatic carbocycles. The number of fused-ring (bicyclic) bond motifs is 3. The van der Waals surface area contributed by atoms with Gasteiger partial charge in [-0.25, -0.2) is 0 Å². The van der Waals surface area contributed by atoms with Crippen molar-refractivity contribution in [3.8, 4) is 0 Å². The van der Waals surface area contributed by atoms with E-state index in [9.17, 15) is 0 Å². The summed E-state index contributed by atoms with van der Waals surface area (Å²) in [6.07, 6.45) is 1.77. The number of hydrogen-bond donors (Lipinski definition) is 0. The Kier molecular flexibility index (Phi) is 3.33. The summed E-state index contributed by atoms with van der Waals surface area (Å²) in [5.74, 6) is 0.852. The highest BCUT2D eigenvalue weighted by molar-refractivity contribution is 7.98. The van der Waals surface area contributed by atoms with Gasteiger partial charge in [-0.2, -0.15) is 0 Å². The first-order valence-corrected chi connectivity index (χ1v) is 8.63. The predicted molar refractivity (Wildman–Crippen MR) is 89.4 cm³/mol. The molecule has 3 heterocycles. The van der Waals surface area contributed by atoms with Crippen LogP contribution in [0.25, 0.3) is 15.7 Å². The Hall–Kier alpha value is -1.56. The second kappa shape index (κ2) is 5.33. The van der Waals surface area contributed by atoms with Crippen LogP contribution in [-0.4, -0.2) is 14.6 Å². The van der Waals surface area contributed by atoms with E-state index in [0.29, 0.717) is 0 Å². The van der Waals surface area contributed by atoms with E-state index in [1.165, 1.54) is 15.8 Å². The van der Waals surface area contributed by atoms with Gasteiger partial charge in [0, 0.05) is 10.8 Å². The Morgan fingerprint density at radius 2 is 2.00 bits per heavy atom. The van der Waals surface area contributed by atoms with Gasteiger partial charge in [0.25, 0.3) is 0 Å². The molecular formula is C15H10ClN3S2. The van der Waals surface area contributed by atoms with Crippen molar-refractivity contribution in [1.82, 2.24) is 14.6 Å². The fraction of sp³-hybridized carbons (Fsp3) is 0.0667. The van der Waals surface area contributed by atoms with Crippen LogP contribution in [0.1, 0.15) is 5.56 Å². The van der Waals surface area contributed by atoms with Gasteiger partial charge < -0.3 is 0 Å². The first-order valence-electron chi connectivity index (χ1n) is 6.38. The predicted octanol–water partition coefficient (Wildman–Crippen LogP) is 4.89. The molecule has 0 aliphatic heterocycles. The summed E-state index contributed by atoms with van der Waals surface area (Å²) in [6.45, 7) is 0. The summed E-state index contributed by atoms with van der Waals surface area (Å²) in [5.41, 5.74) is 3.53. The van der Waals surface area contributed by atoms with Crippen molar-refractivity contribution in [3.05, 3.63) is 58.7 Å². The molecule has 21 heavy (non-hydrogen) atoms.